The quantitative estimate of drug-likeness (QED) is 0.512. The van der Waals surface area contributed by atoms with Crippen LogP contribution >= 0.6 is 0 Å². The van der Waals surface area contributed by atoms with E-state index in [1.54, 1.807) is 0 Å². The van der Waals surface area contributed by atoms with Crippen molar-refractivity contribution in [1.29, 1.82) is 0 Å². The molecule has 0 radical (unpaired) electrons. The van der Waals surface area contributed by atoms with Gasteiger partial charge in [0.1, 0.15) is 5.82 Å². The molecule has 2 heterocycles. The number of nitrogens with zero attached hydrogens (tertiary/aromatic N) is 3. The normalized spacial score (nSPS) is 16.5. The maximum absolute atomic E-state index is 11.5. The molecule has 0 spiro atoms. The van der Waals surface area contributed by atoms with Gasteiger partial charge < -0.3 is 15.2 Å². The standard InChI is InChI=1S/C25H36N4O3/c1-4-7-18(15-25(30)31)19-8-9-21(23(5-2)29-10-12-32-13-11-29)22(14-19)28-20-16-26-24(6-3)27-17-20/h8-9,14,16-18,23,28H,4-7,10-13,15H2,1-3H3,(H,30,31)/t18-,23-/m1/s1. The highest BCUT2D eigenvalue weighted by Crippen LogP contribution is 2.36. The summed E-state index contributed by atoms with van der Waals surface area (Å²) < 4.78 is 5.56. The predicted molar refractivity (Wildman–Crippen MR) is 126 cm³/mol. The average Bonchev–Trinajstić information content (AvgIpc) is 2.81. The van der Waals surface area contributed by atoms with Crippen LogP contribution in [0.5, 0.6) is 0 Å². The Balaban J connectivity index is 1.98. The largest absolute Gasteiger partial charge is 0.481 e. The van der Waals surface area contributed by atoms with E-state index in [1.165, 1.54) is 5.56 Å². The minimum absolute atomic E-state index is 0.00530. The number of hydrogen-bond donors (Lipinski definition) is 2. The number of carbonyl (C=O) groups is 1. The summed E-state index contributed by atoms with van der Waals surface area (Å²) in [6.45, 7) is 9.66. The minimum atomic E-state index is -0.759. The van der Waals surface area contributed by atoms with E-state index in [9.17, 15) is 9.90 Å². The maximum Gasteiger partial charge on any atom is 0.303 e. The molecular formula is C25H36N4O3. The third kappa shape index (κ3) is 6.26. The minimum Gasteiger partial charge on any atom is -0.481 e. The summed E-state index contributed by atoms with van der Waals surface area (Å²) in [6.07, 6.45) is 7.34. The van der Waals surface area contributed by atoms with Crippen molar-refractivity contribution < 1.29 is 14.6 Å². The molecule has 1 aliphatic rings. The third-order valence-corrected chi connectivity index (χ3v) is 6.14. The number of carboxylic acids is 1. The van der Waals surface area contributed by atoms with Crippen LogP contribution in [0.1, 0.15) is 75.4 Å². The van der Waals surface area contributed by atoms with Crippen LogP contribution in [-0.4, -0.2) is 52.2 Å². The van der Waals surface area contributed by atoms with E-state index in [4.69, 9.17) is 4.74 Å². The van der Waals surface area contributed by atoms with Gasteiger partial charge in [-0.25, -0.2) is 9.97 Å². The van der Waals surface area contributed by atoms with E-state index in [0.29, 0.717) is 0 Å². The molecule has 0 saturated carbocycles. The van der Waals surface area contributed by atoms with Gasteiger partial charge in [-0.2, -0.15) is 0 Å². The van der Waals surface area contributed by atoms with Crippen molar-refractivity contribution in [2.24, 2.45) is 0 Å². The molecule has 2 N–H and O–H groups in total. The van der Waals surface area contributed by atoms with Crippen molar-refractivity contribution in [1.82, 2.24) is 14.9 Å². The molecule has 0 bridgehead atoms. The fraction of sp³-hybridized carbons (Fsp3) is 0.560. The summed E-state index contributed by atoms with van der Waals surface area (Å²) in [4.78, 5) is 22.8. The second-order valence-electron chi connectivity index (χ2n) is 8.37. The van der Waals surface area contributed by atoms with Crippen LogP contribution in [-0.2, 0) is 16.0 Å². The Kier molecular flexibility index (Phi) is 9.00. The van der Waals surface area contributed by atoms with Gasteiger partial charge in [-0.15, -0.1) is 0 Å². The molecule has 0 amide bonds. The third-order valence-electron chi connectivity index (χ3n) is 6.14. The summed E-state index contributed by atoms with van der Waals surface area (Å²) in [5.41, 5.74) is 4.11. The number of morpholine rings is 1. The maximum atomic E-state index is 11.5. The van der Waals surface area contributed by atoms with Crippen LogP contribution < -0.4 is 5.32 Å². The Hall–Kier alpha value is -2.51. The first-order valence-electron chi connectivity index (χ1n) is 11.8. The van der Waals surface area contributed by atoms with Gasteiger partial charge in [-0.3, -0.25) is 9.69 Å². The van der Waals surface area contributed by atoms with E-state index >= 15 is 0 Å². The summed E-state index contributed by atoms with van der Waals surface area (Å²) >= 11 is 0. The van der Waals surface area contributed by atoms with E-state index in [0.717, 1.165) is 74.7 Å². The van der Waals surface area contributed by atoms with Crippen molar-refractivity contribution in [2.45, 2.75) is 64.8 Å². The second kappa shape index (κ2) is 11.9. The number of hydrogen-bond acceptors (Lipinski definition) is 6. The van der Waals surface area contributed by atoms with Crippen molar-refractivity contribution in [3.05, 3.63) is 47.5 Å². The smallest absolute Gasteiger partial charge is 0.303 e. The number of benzene rings is 1. The summed E-state index contributed by atoms with van der Waals surface area (Å²) in [6, 6.07) is 6.68. The summed E-state index contributed by atoms with van der Waals surface area (Å²) in [5, 5.41) is 13.0. The molecule has 0 aliphatic carbocycles. The zero-order valence-corrected chi connectivity index (χ0v) is 19.5. The van der Waals surface area contributed by atoms with Crippen molar-refractivity contribution >= 4 is 17.3 Å². The first-order valence-corrected chi connectivity index (χ1v) is 11.8. The molecule has 7 nitrogen and oxygen atoms in total. The molecular weight excluding hydrogens is 404 g/mol. The lowest BCUT2D eigenvalue weighted by molar-refractivity contribution is -0.137. The monoisotopic (exact) mass is 440 g/mol. The topological polar surface area (TPSA) is 87.6 Å². The number of ether oxygens (including phenoxy) is 1. The molecule has 1 saturated heterocycles. The van der Waals surface area contributed by atoms with Gasteiger partial charge in [-0.05, 0) is 36.0 Å². The number of aryl methyl sites for hydroxylation is 1. The van der Waals surface area contributed by atoms with Crippen LogP contribution in [0.15, 0.2) is 30.6 Å². The van der Waals surface area contributed by atoms with Crippen LogP contribution in [0.2, 0.25) is 0 Å². The lowest BCUT2D eigenvalue weighted by Crippen LogP contribution is -2.39. The fourth-order valence-electron chi connectivity index (χ4n) is 4.49. The average molecular weight is 441 g/mol. The van der Waals surface area contributed by atoms with Gasteiger partial charge in [0.15, 0.2) is 0 Å². The highest BCUT2D eigenvalue weighted by Gasteiger charge is 2.25. The number of nitrogens with one attached hydrogen (secondary N) is 1. The molecule has 32 heavy (non-hydrogen) atoms. The van der Waals surface area contributed by atoms with Crippen molar-refractivity contribution in [3.63, 3.8) is 0 Å². The number of anilines is 2. The van der Waals surface area contributed by atoms with Gasteiger partial charge in [0.05, 0.1) is 37.7 Å². The number of aromatic nitrogens is 2. The Morgan fingerprint density at radius 1 is 1.19 bits per heavy atom. The Morgan fingerprint density at radius 3 is 2.50 bits per heavy atom. The zero-order valence-electron chi connectivity index (χ0n) is 19.5. The molecule has 2 aromatic rings. The molecule has 7 heteroatoms. The molecule has 1 aromatic carbocycles. The number of aliphatic carboxylic acids is 1. The first-order chi connectivity index (χ1) is 15.5. The van der Waals surface area contributed by atoms with Gasteiger partial charge >= 0.3 is 5.97 Å². The number of rotatable bonds is 11. The highest BCUT2D eigenvalue weighted by molar-refractivity contribution is 5.69. The molecule has 3 rings (SSSR count). The van der Waals surface area contributed by atoms with E-state index < -0.39 is 5.97 Å². The first kappa shape index (κ1) is 24.1. The fourth-order valence-corrected chi connectivity index (χ4v) is 4.49. The second-order valence-corrected chi connectivity index (χ2v) is 8.37. The Bertz CT molecular complexity index is 866. The number of carboxylic acid groups (broad SMARTS) is 1. The Labute approximate surface area is 191 Å². The Morgan fingerprint density at radius 2 is 1.91 bits per heavy atom. The molecule has 174 valence electrons. The van der Waals surface area contributed by atoms with Gasteiger partial charge in [0.2, 0.25) is 0 Å². The van der Waals surface area contributed by atoms with Crippen LogP contribution in [0.25, 0.3) is 0 Å². The van der Waals surface area contributed by atoms with Gasteiger partial charge in [-0.1, -0.05) is 39.3 Å². The molecule has 2 atom stereocenters. The molecule has 1 aromatic heterocycles. The zero-order chi connectivity index (χ0) is 22.9. The van der Waals surface area contributed by atoms with Crippen LogP contribution in [0.4, 0.5) is 11.4 Å². The van der Waals surface area contributed by atoms with Gasteiger partial charge in [0, 0.05) is 31.2 Å². The van der Waals surface area contributed by atoms with Crippen molar-refractivity contribution in [2.75, 3.05) is 31.6 Å². The molecule has 0 unspecified atom stereocenters. The lowest BCUT2D eigenvalue weighted by atomic mass is 9.88. The summed E-state index contributed by atoms with van der Waals surface area (Å²) in [5.74, 6) is 0.0494. The molecule has 1 fully saturated rings. The highest BCUT2D eigenvalue weighted by atomic mass is 16.5. The van der Waals surface area contributed by atoms with E-state index in [2.05, 4.69) is 52.2 Å². The van der Waals surface area contributed by atoms with Gasteiger partial charge in [0.25, 0.3) is 0 Å². The lowest BCUT2D eigenvalue weighted by Gasteiger charge is -2.35. The van der Waals surface area contributed by atoms with Crippen LogP contribution in [0, 0.1) is 0 Å². The van der Waals surface area contributed by atoms with Crippen LogP contribution in [0.3, 0.4) is 0 Å². The van der Waals surface area contributed by atoms with Crippen molar-refractivity contribution in [3.8, 4) is 0 Å². The SMILES string of the molecule is CCC[C@H](CC(=O)O)c1ccc([C@@H](CC)N2CCOCC2)c(Nc2cnc(CC)nc2)c1. The van der Waals surface area contributed by atoms with E-state index in [-0.39, 0.29) is 18.4 Å². The summed E-state index contributed by atoms with van der Waals surface area (Å²) in [7, 11) is 0. The van der Waals surface area contributed by atoms with E-state index in [1.807, 2.05) is 19.3 Å². The predicted octanol–water partition coefficient (Wildman–Crippen LogP) is 4.92. The molecule has 1 aliphatic heterocycles.